The van der Waals surface area contributed by atoms with Crippen molar-refractivity contribution in [2.45, 2.75) is 31.6 Å². The Balaban J connectivity index is 1.54. The van der Waals surface area contributed by atoms with E-state index in [2.05, 4.69) is 51.9 Å². The highest BCUT2D eigenvalue weighted by Crippen LogP contribution is 2.33. The molecule has 1 aliphatic rings. The number of thioether (sulfide) groups is 1. The van der Waals surface area contributed by atoms with Crippen LogP contribution in [-0.4, -0.2) is 31.5 Å². The third-order valence-corrected chi connectivity index (χ3v) is 8.26. The minimum Gasteiger partial charge on any atom is -0.326 e. The summed E-state index contributed by atoms with van der Waals surface area (Å²) in [6, 6.07) is 20.4. The summed E-state index contributed by atoms with van der Waals surface area (Å²) in [5.41, 5.74) is 3.39. The fraction of sp³-hybridized carbons (Fsp3) is 0.240. The summed E-state index contributed by atoms with van der Waals surface area (Å²) in [5, 5.41) is 10.6. The van der Waals surface area contributed by atoms with Gasteiger partial charge in [0.05, 0.1) is 22.5 Å². The molecule has 1 unspecified atom stereocenters. The number of hydrogen-bond acceptors (Lipinski definition) is 5. The molecule has 1 aliphatic heterocycles. The maximum absolute atomic E-state index is 13.9. The van der Waals surface area contributed by atoms with E-state index in [9.17, 15) is 4.79 Å². The number of para-hydroxylation sites is 1. The van der Waals surface area contributed by atoms with E-state index in [0.29, 0.717) is 5.78 Å². The number of thiophene rings is 1. The Morgan fingerprint density at radius 3 is 2.58 bits per heavy atom. The second kappa shape index (κ2) is 8.44. The van der Waals surface area contributed by atoms with Crippen molar-refractivity contribution in [1.82, 2.24) is 19.2 Å². The molecule has 3 aromatic heterocycles. The largest absolute Gasteiger partial charge is 0.326 e. The summed E-state index contributed by atoms with van der Waals surface area (Å²) in [6.45, 7) is 5.08. The van der Waals surface area contributed by atoms with Gasteiger partial charge in [-0.2, -0.15) is 0 Å². The maximum Gasteiger partial charge on any atom is 0.268 e. The zero-order valence-electron chi connectivity index (χ0n) is 18.3. The van der Waals surface area contributed by atoms with Gasteiger partial charge in [-0.15, -0.1) is 21.5 Å². The van der Waals surface area contributed by atoms with Crippen LogP contribution in [0.15, 0.2) is 70.6 Å². The zero-order chi connectivity index (χ0) is 22.4. The molecule has 0 bridgehead atoms. The normalized spacial score (nSPS) is 15.8. The Bertz CT molecular complexity index is 1500. The van der Waals surface area contributed by atoms with E-state index in [-0.39, 0.29) is 5.56 Å². The van der Waals surface area contributed by atoms with Crippen molar-refractivity contribution in [2.75, 3.05) is 12.3 Å². The first kappa shape index (κ1) is 20.7. The average molecular weight is 475 g/mol. The number of quaternary nitrogens is 1. The molecule has 1 N–H and O–H groups in total. The van der Waals surface area contributed by atoms with Gasteiger partial charge in [-0.05, 0) is 23.4 Å². The lowest BCUT2D eigenvalue weighted by atomic mass is 10.0. The van der Waals surface area contributed by atoms with Crippen LogP contribution in [0.1, 0.15) is 22.9 Å². The third-order valence-electron chi connectivity index (χ3n) is 6.23. The molecule has 0 saturated carbocycles. The van der Waals surface area contributed by atoms with Crippen LogP contribution in [0.2, 0.25) is 0 Å². The lowest BCUT2D eigenvalue weighted by molar-refractivity contribution is -0.929. The number of rotatable bonds is 5. The fourth-order valence-corrected chi connectivity index (χ4v) is 6.88. The summed E-state index contributed by atoms with van der Waals surface area (Å²) in [7, 11) is 0. The highest BCUT2D eigenvalue weighted by Gasteiger charge is 2.29. The SMILES string of the molecule is CCSc1nnc2n(-c3ccccc3)c(=O)c3c4c(sc3n12)C[NH+](Cc1ccccc1)CC4. The summed E-state index contributed by atoms with van der Waals surface area (Å²) < 4.78 is 3.82. The molecule has 6 rings (SSSR count). The highest BCUT2D eigenvalue weighted by atomic mass is 32.2. The number of benzene rings is 2. The predicted molar refractivity (Wildman–Crippen MR) is 134 cm³/mol. The smallest absolute Gasteiger partial charge is 0.268 e. The molecule has 0 aliphatic carbocycles. The standard InChI is InChI=1S/C25H23N5OS2/c1-2-32-25-27-26-24-29(18-11-7-4-8-12-18)22(31)21-19-13-14-28(15-17-9-5-3-6-10-17)16-20(19)33-23(21)30(24)25/h3-12H,2,13-16H2,1H3/p+1. The van der Waals surface area contributed by atoms with Crippen LogP contribution in [0.4, 0.5) is 0 Å². The molecule has 33 heavy (non-hydrogen) atoms. The van der Waals surface area contributed by atoms with Crippen molar-refractivity contribution in [3.05, 3.63) is 87.0 Å². The van der Waals surface area contributed by atoms with Crippen LogP contribution < -0.4 is 10.5 Å². The van der Waals surface area contributed by atoms with Gasteiger partial charge >= 0.3 is 0 Å². The van der Waals surface area contributed by atoms with Crippen molar-refractivity contribution < 1.29 is 4.90 Å². The van der Waals surface area contributed by atoms with Gasteiger partial charge in [0.15, 0.2) is 5.16 Å². The van der Waals surface area contributed by atoms with Gasteiger partial charge in [0.2, 0.25) is 5.78 Å². The predicted octanol–water partition coefficient (Wildman–Crippen LogP) is 3.35. The summed E-state index contributed by atoms with van der Waals surface area (Å²) in [4.78, 5) is 17.7. The number of hydrogen-bond donors (Lipinski definition) is 1. The van der Waals surface area contributed by atoms with Crippen molar-refractivity contribution >= 4 is 39.1 Å². The monoisotopic (exact) mass is 474 g/mol. The summed E-state index contributed by atoms with van der Waals surface area (Å²) in [5.74, 6) is 1.48. The van der Waals surface area contributed by atoms with E-state index in [1.54, 1.807) is 27.7 Å². The number of nitrogens with zero attached hydrogens (tertiary/aromatic N) is 4. The lowest BCUT2D eigenvalue weighted by Gasteiger charge is -2.23. The van der Waals surface area contributed by atoms with E-state index in [4.69, 9.17) is 0 Å². The first-order valence-electron chi connectivity index (χ1n) is 11.2. The molecule has 166 valence electrons. The topological polar surface area (TPSA) is 56.6 Å². The van der Waals surface area contributed by atoms with Crippen LogP contribution in [0.25, 0.3) is 21.7 Å². The lowest BCUT2D eigenvalue weighted by Crippen LogP contribution is -3.10. The quantitative estimate of drug-likeness (QED) is 0.397. The molecular weight excluding hydrogens is 450 g/mol. The Labute approximate surface area is 199 Å². The molecule has 0 amide bonds. The highest BCUT2D eigenvalue weighted by molar-refractivity contribution is 7.99. The average Bonchev–Trinajstić information content (AvgIpc) is 3.42. The van der Waals surface area contributed by atoms with Gasteiger partial charge in [-0.1, -0.05) is 67.2 Å². The van der Waals surface area contributed by atoms with Crippen molar-refractivity contribution in [3.63, 3.8) is 0 Å². The summed E-state index contributed by atoms with van der Waals surface area (Å²) >= 11 is 3.40. The molecule has 2 aromatic carbocycles. The number of fused-ring (bicyclic) bond motifs is 5. The first-order chi connectivity index (χ1) is 16.2. The van der Waals surface area contributed by atoms with Crippen molar-refractivity contribution in [2.24, 2.45) is 0 Å². The van der Waals surface area contributed by atoms with Crippen molar-refractivity contribution in [3.8, 4) is 5.69 Å². The Morgan fingerprint density at radius 2 is 1.82 bits per heavy atom. The molecular formula is C25H24N5OS2+. The van der Waals surface area contributed by atoms with Gasteiger partial charge in [0, 0.05) is 12.0 Å². The molecule has 0 radical (unpaired) electrons. The van der Waals surface area contributed by atoms with E-state index < -0.39 is 0 Å². The van der Waals surface area contributed by atoms with Gasteiger partial charge in [0.25, 0.3) is 5.56 Å². The Hall–Kier alpha value is -2.94. The second-order valence-electron chi connectivity index (χ2n) is 8.30. The van der Waals surface area contributed by atoms with Crippen LogP contribution in [0.3, 0.4) is 0 Å². The molecule has 8 heteroatoms. The van der Waals surface area contributed by atoms with E-state index in [1.807, 2.05) is 30.3 Å². The fourth-order valence-electron chi connectivity index (χ4n) is 4.76. The molecule has 4 heterocycles. The zero-order valence-corrected chi connectivity index (χ0v) is 20.0. The molecule has 0 fully saturated rings. The molecule has 5 aromatic rings. The van der Waals surface area contributed by atoms with Gasteiger partial charge in [0.1, 0.15) is 17.9 Å². The number of aromatic nitrogens is 4. The Kier molecular flexibility index (Phi) is 5.28. The van der Waals surface area contributed by atoms with Crippen LogP contribution in [-0.2, 0) is 19.5 Å². The van der Waals surface area contributed by atoms with Crippen LogP contribution in [0, 0.1) is 0 Å². The third kappa shape index (κ3) is 3.49. The van der Waals surface area contributed by atoms with E-state index in [0.717, 1.165) is 52.9 Å². The van der Waals surface area contributed by atoms with Gasteiger partial charge in [-0.25, -0.2) is 8.97 Å². The van der Waals surface area contributed by atoms with E-state index >= 15 is 0 Å². The minimum absolute atomic E-state index is 0.00755. The molecule has 6 nitrogen and oxygen atoms in total. The van der Waals surface area contributed by atoms with Gasteiger partial charge < -0.3 is 4.90 Å². The molecule has 0 spiro atoms. The Morgan fingerprint density at radius 1 is 1.06 bits per heavy atom. The summed E-state index contributed by atoms with van der Waals surface area (Å²) in [6.07, 6.45) is 0.908. The van der Waals surface area contributed by atoms with Crippen molar-refractivity contribution in [1.29, 1.82) is 0 Å². The minimum atomic E-state index is 0.00755. The molecule has 0 saturated heterocycles. The van der Waals surface area contributed by atoms with Gasteiger partial charge in [-0.3, -0.25) is 4.79 Å². The first-order valence-corrected chi connectivity index (χ1v) is 13.0. The van der Waals surface area contributed by atoms with Crippen LogP contribution in [0.5, 0.6) is 0 Å². The van der Waals surface area contributed by atoms with Crippen LogP contribution >= 0.6 is 23.1 Å². The molecule has 1 atom stereocenters. The van der Waals surface area contributed by atoms with E-state index in [1.165, 1.54) is 20.9 Å². The maximum atomic E-state index is 13.9. The number of nitrogens with one attached hydrogen (secondary N) is 1. The second-order valence-corrected chi connectivity index (χ2v) is 10.6.